The molecule has 0 radical (unpaired) electrons. The van der Waals surface area contributed by atoms with Gasteiger partial charge in [0.25, 0.3) is 0 Å². The normalized spacial score (nSPS) is 20.3. The molecule has 2 heterocycles. The summed E-state index contributed by atoms with van der Waals surface area (Å²) in [6.07, 6.45) is 3.97. The lowest BCUT2D eigenvalue weighted by Crippen LogP contribution is -2.63. The molecule has 4 heteroatoms. The van der Waals surface area contributed by atoms with E-state index < -0.39 is 0 Å². The molecule has 2 aromatic rings. The maximum absolute atomic E-state index is 12.6. The van der Waals surface area contributed by atoms with Crippen molar-refractivity contribution in [1.82, 2.24) is 15.1 Å². The first kappa shape index (κ1) is 16.4. The van der Waals surface area contributed by atoms with Crippen LogP contribution < -0.4 is 5.32 Å². The molecule has 0 aliphatic carbocycles. The average molecular weight is 337 g/mol. The minimum Gasteiger partial charge on any atom is -0.331 e. The van der Waals surface area contributed by atoms with E-state index in [0.717, 1.165) is 13.1 Å². The Hall–Kier alpha value is -2.07. The zero-order valence-electron chi connectivity index (χ0n) is 14.9. The summed E-state index contributed by atoms with van der Waals surface area (Å²) in [5.74, 6) is 0. The Kier molecular flexibility index (Phi) is 4.62. The Bertz CT molecular complexity index is 742. The highest BCUT2D eigenvalue weighted by molar-refractivity contribution is 5.86. The molecule has 4 nitrogen and oxygen atoms in total. The van der Waals surface area contributed by atoms with E-state index in [2.05, 4.69) is 59.6 Å². The van der Waals surface area contributed by atoms with Crippen molar-refractivity contribution in [2.24, 2.45) is 0 Å². The lowest BCUT2D eigenvalue weighted by molar-refractivity contribution is 0.0444. The molecule has 2 aromatic carbocycles. The number of piperidine rings is 1. The van der Waals surface area contributed by atoms with Gasteiger partial charge in [-0.25, -0.2) is 4.79 Å². The summed E-state index contributed by atoms with van der Waals surface area (Å²) in [6, 6.07) is 15.3. The van der Waals surface area contributed by atoms with E-state index in [4.69, 9.17) is 0 Å². The van der Waals surface area contributed by atoms with Crippen molar-refractivity contribution in [3.63, 3.8) is 0 Å². The lowest BCUT2D eigenvalue weighted by atomic mass is 9.99. The smallest absolute Gasteiger partial charge is 0.317 e. The standard InChI is InChI=1S/C21H27N3O/c1-16(19-11-7-9-17-8-3-4-10-20(17)19)22-21(25)24-14-18(15-24)23-12-5-2-6-13-23/h3-4,7-11,16,18H,2,5-6,12-15H2,1H3,(H,22,25). The Labute approximate surface area is 149 Å². The largest absolute Gasteiger partial charge is 0.331 e. The summed E-state index contributed by atoms with van der Waals surface area (Å²) in [7, 11) is 0. The summed E-state index contributed by atoms with van der Waals surface area (Å²) in [4.78, 5) is 17.1. The first-order valence-electron chi connectivity index (χ1n) is 9.49. The van der Waals surface area contributed by atoms with E-state index in [-0.39, 0.29) is 12.1 Å². The number of benzene rings is 2. The number of hydrogen-bond donors (Lipinski definition) is 1. The molecule has 0 spiro atoms. The topological polar surface area (TPSA) is 35.6 Å². The van der Waals surface area contributed by atoms with Crippen LogP contribution in [0.15, 0.2) is 42.5 Å². The number of hydrogen-bond acceptors (Lipinski definition) is 2. The zero-order valence-corrected chi connectivity index (χ0v) is 14.9. The minimum absolute atomic E-state index is 0.00707. The fraction of sp³-hybridized carbons (Fsp3) is 0.476. The second kappa shape index (κ2) is 7.04. The first-order chi connectivity index (χ1) is 12.2. The summed E-state index contributed by atoms with van der Waals surface area (Å²) in [6.45, 7) is 6.21. The molecule has 1 unspecified atom stereocenters. The van der Waals surface area contributed by atoms with Gasteiger partial charge in [0.1, 0.15) is 0 Å². The monoisotopic (exact) mass is 337 g/mol. The van der Waals surface area contributed by atoms with Crippen LogP contribution in [0.2, 0.25) is 0 Å². The third-order valence-electron chi connectivity index (χ3n) is 5.69. The Morgan fingerprint density at radius 2 is 1.76 bits per heavy atom. The molecule has 1 N–H and O–H groups in total. The summed E-state index contributed by atoms with van der Waals surface area (Å²) in [5, 5.41) is 5.62. The Balaban J connectivity index is 1.36. The molecule has 132 valence electrons. The molecule has 4 rings (SSSR count). The van der Waals surface area contributed by atoms with Crippen LogP contribution in [0.1, 0.15) is 37.8 Å². The highest BCUT2D eigenvalue weighted by Gasteiger charge is 2.35. The van der Waals surface area contributed by atoms with Crippen LogP contribution in [0.3, 0.4) is 0 Å². The molecule has 2 saturated heterocycles. The predicted octanol–water partition coefficient (Wildman–Crippen LogP) is 3.78. The zero-order chi connectivity index (χ0) is 17.2. The lowest BCUT2D eigenvalue weighted by Gasteiger charge is -2.46. The number of nitrogens with zero attached hydrogens (tertiary/aromatic N) is 2. The van der Waals surface area contributed by atoms with E-state index in [1.807, 2.05) is 4.90 Å². The minimum atomic E-state index is 0.00707. The molecule has 2 amide bonds. The van der Waals surface area contributed by atoms with E-state index in [9.17, 15) is 4.79 Å². The van der Waals surface area contributed by atoms with Crippen molar-refractivity contribution in [1.29, 1.82) is 0 Å². The van der Waals surface area contributed by atoms with Crippen molar-refractivity contribution >= 4 is 16.8 Å². The highest BCUT2D eigenvalue weighted by Crippen LogP contribution is 2.25. The van der Waals surface area contributed by atoms with Crippen LogP contribution in [-0.4, -0.2) is 48.1 Å². The number of urea groups is 1. The fourth-order valence-electron chi connectivity index (χ4n) is 4.12. The third-order valence-corrected chi connectivity index (χ3v) is 5.69. The van der Waals surface area contributed by atoms with Gasteiger partial charge in [0.05, 0.1) is 6.04 Å². The Morgan fingerprint density at radius 1 is 1.04 bits per heavy atom. The molecule has 2 fully saturated rings. The van der Waals surface area contributed by atoms with E-state index in [1.165, 1.54) is 48.7 Å². The number of carbonyl (C=O) groups excluding carboxylic acids is 1. The van der Waals surface area contributed by atoms with Crippen LogP contribution in [0, 0.1) is 0 Å². The van der Waals surface area contributed by atoms with Crippen molar-refractivity contribution in [2.75, 3.05) is 26.2 Å². The Morgan fingerprint density at radius 3 is 2.56 bits per heavy atom. The SMILES string of the molecule is CC(NC(=O)N1CC(N2CCCCC2)C1)c1cccc2ccccc12. The maximum atomic E-state index is 12.6. The van der Waals surface area contributed by atoms with Crippen molar-refractivity contribution in [2.45, 2.75) is 38.3 Å². The van der Waals surface area contributed by atoms with Crippen LogP contribution in [0.25, 0.3) is 10.8 Å². The van der Waals surface area contributed by atoms with Gasteiger partial charge in [-0.2, -0.15) is 0 Å². The molecule has 2 aliphatic heterocycles. The van der Waals surface area contributed by atoms with E-state index in [0.29, 0.717) is 6.04 Å². The molecule has 0 bridgehead atoms. The van der Waals surface area contributed by atoms with E-state index >= 15 is 0 Å². The van der Waals surface area contributed by atoms with Crippen molar-refractivity contribution in [3.8, 4) is 0 Å². The van der Waals surface area contributed by atoms with Gasteiger partial charge in [-0.1, -0.05) is 48.9 Å². The second-order valence-electron chi connectivity index (χ2n) is 7.39. The van der Waals surface area contributed by atoms with Gasteiger partial charge >= 0.3 is 6.03 Å². The molecule has 1 atom stereocenters. The maximum Gasteiger partial charge on any atom is 0.317 e. The van der Waals surface area contributed by atoms with Gasteiger partial charge in [0, 0.05) is 19.1 Å². The summed E-state index contributed by atoms with van der Waals surface area (Å²) >= 11 is 0. The molecule has 25 heavy (non-hydrogen) atoms. The number of likely N-dealkylation sites (tertiary alicyclic amines) is 2. The van der Waals surface area contributed by atoms with Gasteiger partial charge in [-0.3, -0.25) is 4.90 Å². The third kappa shape index (κ3) is 3.36. The van der Waals surface area contributed by atoms with Gasteiger partial charge < -0.3 is 10.2 Å². The predicted molar refractivity (Wildman–Crippen MR) is 102 cm³/mol. The average Bonchev–Trinajstić information content (AvgIpc) is 2.61. The van der Waals surface area contributed by atoms with Crippen LogP contribution in [0.4, 0.5) is 4.79 Å². The van der Waals surface area contributed by atoms with E-state index in [1.54, 1.807) is 0 Å². The number of nitrogens with one attached hydrogen (secondary N) is 1. The summed E-state index contributed by atoms with van der Waals surface area (Å²) in [5.41, 5.74) is 1.18. The molecule has 0 saturated carbocycles. The molecule has 0 aromatic heterocycles. The number of fused-ring (bicyclic) bond motifs is 1. The number of rotatable bonds is 3. The number of carbonyl (C=O) groups is 1. The van der Waals surface area contributed by atoms with Gasteiger partial charge in [0.15, 0.2) is 0 Å². The fourth-order valence-corrected chi connectivity index (χ4v) is 4.12. The van der Waals surface area contributed by atoms with Crippen LogP contribution in [0.5, 0.6) is 0 Å². The molecular weight excluding hydrogens is 310 g/mol. The van der Waals surface area contributed by atoms with Crippen molar-refractivity contribution < 1.29 is 4.79 Å². The number of amides is 2. The molecular formula is C21H27N3O. The highest BCUT2D eigenvalue weighted by atomic mass is 16.2. The second-order valence-corrected chi connectivity index (χ2v) is 7.39. The van der Waals surface area contributed by atoms with Crippen molar-refractivity contribution in [3.05, 3.63) is 48.0 Å². The van der Waals surface area contributed by atoms with Crippen LogP contribution in [-0.2, 0) is 0 Å². The quantitative estimate of drug-likeness (QED) is 0.925. The molecule has 2 aliphatic rings. The van der Waals surface area contributed by atoms with Gasteiger partial charge in [-0.15, -0.1) is 0 Å². The van der Waals surface area contributed by atoms with Crippen LogP contribution >= 0.6 is 0 Å². The van der Waals surface area contributed by atoms with Gasteiger partial charge in [-0.05, 0) is 49.2 Å². The van der Waals surface area contributed by atoms with Gasteiger partial charge in [0.2, 0.25) is 0 Å². The first-order valence-corrected chi connectivity index (χ1v) is 9.49. The summed E-state index contributed by atoms with van der Waals surface area (Å²) < 4.78 is 0.